The summed E-state index contributed by atoms with van der Waals surface area (Å²) in [5.41, 5.74) is 1.40. The molecule has 0 unspecified atom stereocenters. The second-order valence-electron chi connectivity index (χ2n) is 10.1. The van der Waals surface area contributed by atoms with Crippen molar-refractivity contribution in [2.45, 2.75) is 69.8 Å². The van der Waals surface area contributed by atoms with Gasteiger partial charge in [0, 0.05) is 48.7 Å². The third kappa shape index (κ3) is 14.4. The van der Waals surface area contributed by atoms with Crippen LogP contribution in [0.5, 0.6) is 0 Å². The number of aliphatic hydroxyl groups excluding tert-OH is 1. The fourth-order valence-electron chi connectivity index (χ4n) is 4.40. The highest BCUT2D eigenvalue weighted by Crippen LogP contribution is 2.15. The van der Waals surface area contributed by atoms with Crippen molar-refractivity contribution in [2.75, 3.05) is 19.6 Å². The van der Waals surface area contributed by atoms with E-state index in [4.69, 9.17) is 9.90 Å². The molecule has 0 radical (unpaired) electrons. The Balaban J connectivity index is 0.000000821. The van der Waals surface area contributed by atoms with Crippen LogP contribution >= 0.6 is 22.6 Å². The van der Waals surface area contributed by atoms with Gasteiger partial charge in [-0.15, -0.1) is 0 Å². The van der Waals surface area contributed by atoms with Crippen LogP contribution in [0.1, 0.15) is 49.7 Å². The smallest absolute Gasteiger partial charge is 0.475 e. The maximum atomic E-state index is 13.7. The van der Waals surface area contributed by atoms with E-state index in [0.717, 1.165) is 47.6 Å². The van der Waals surface area contributed by atoms with Crippen molar-refractivity contribution >= 4 is 40.4 Å². The quantitative estimate of drug-likeness (QED) is 0.188. The molecule has 43 heavy (non-hydrogen) atoms. The Morgan fingerprint density at radius 2 is 1.58 bits per heavy atom. The molecule has 0 aromatic heterocycles. The summed E-state index contributed by atoms with van der Waals surface area (Å²) in [4.78, 5) is 35.8. The van der Waals surface area contributed by atoms with Crippen LogP contribution in [0, 0.1) is 15.2 Å². The van der Waals surface area contributed by atoms with Crippen LogP contribution in [-0.2, 0) is 27.3 Å². The van der Waals surface area contributed by atoms with Gasteiger partial charge in [-0.1, -0.05) is 12.1 Å². The van der Waals surface area contributed by atoms with Crippen LogP contribution in [-0.4, -0.2) is 70.9 Å². The molecule has 1 saturated heterocycles. The number of piperidine rings is 1. The minimum absolute atomic E-state index is 0.0640. The fourth-order valence-corrected chi connectivity index (χ4v) is 5.01. The maximum absolute atomic E-state index is 13.7. The van der Waals surface area contributed by atoms with Crippen molar-refractivity contribution in [3.05, 3.63) is 68.8 Å². The number of halogens is 6. The average Bonchev–Trinajstić information content (AvgIpc) is 2.92. The molecule has 238 valence electrons. The van der Waals surface area contributed by atoms with Crippen LogP contribution in [0.15, 0.2) is 42.5 Å². The lowest BCUT2D eigenvalue weighted by Gasteiger charge is -2.27. The molecule has 2 amide bonds. The van der Waals surface area contributed by atoms with E-state index in [2.05, 4.69) is 33.2 Å². The lowest BCUT2D eigenvalue weighted by Crippen LogP contribution is -2.48. The molecule has 0 spiro atoms. The Hall–Kier alpha value is -2.85. The van der Waals surface area contributed by atoms with Crippen LogP contribution in [0.2, 0.25) is 0 Å². The number of carbonyl (C=O) groups excluding carboxylic acids is 2. The zero-order valence-electron chi connectivity index (χ0n) is 23.3. The second kappa shape index (κ2) is 18.1. The number of likely N-dealkylation sites (tertiary alicyclic amines) is 1. The van der Waals surface area contributed by atoms with Crippen molar-refractivity contribution in [2.24, 2.45) is 0 Å². The average molecular weight is 728 g/mol. The van der Waals surface area contributed by atoms with E-state index >= 15 is 0 Å². The van der Waals surface area contributed by atoms with E-state index in [9.17, 15) is 36.6 Å². The van der Waals surface area contributed by atoms with E-state index in [1.807, 2.05) is 29.2 Å². The molecule has 4 N–H and O–H groups in total. The van der Waals surface area contributed by atoms with Gasteiger partial charge in [-0.05, 0) is 90.1 Å². The van der Waals surface area contributed by atoms with Crippen molar-refractivity contribution in [1.29, 1.82) is 0 Å². The van der Waals surface area contributed by atoms with Gasteiger partial charge in [0.25, 0.3) is 0 Å². The predicted octanol–water partition coefficient (Wildman–Crippen LogP) is 4.56. The number of benzene rings is 2. The number of alkyl halides is 3. The summed E-state index contributed by atoms with van der Waals surface area (Å²) in [6, 6.07) is 10.4. The number of aliphatic carboxylic acids is 1. The minimum atomic E-state index is -5.08. The molecule has 8 nitrogen and oxygen atoms in total. The standard InChI is InChI=1S/C27H34F2IN3O3.C2HF3O2/c28-21-12-20(13-22(29)16-21)15-24(25(34)18-31-17-19-6-4-7-23(30)14-19)32-26(35)8-5-9-27(36)33-10-2-1-3-11-33;3-2(4,5)1(6)7/h4,6-7,12-14,16,24-25,31,34H,1-3,5,8-11,15,17-18H2,(H,32,35);(H,6,7)/t24-,25+;/m0./s1. The largest absolute Gasteiger partial charge is 0.490 e. The third-order valence-electron chi connectivity index (χ3n) is 6.51. The minimum Gasteiger partial charge on any atom is -0.475 e. The number of carboxylic acids is 1. The Labute approximate surface area is 260 Å². The van der Waals surface area contributed by atoms with Gasteiger partial charge in [0.05, 0.1) is 12.1 Å². The predicted molar refractivity (Wildman–Crippen MR) is 157 cm³/mol. The van der Waals surface area contributed by atoms with Gasteiger partial charge >= 0.3 is 12.1 Å². The molecule has 1 fully saturated rings. The zero-order chi connectivity index (χ0) is 32.0. The van der Waals surface area contributed by atoms with Gasteiger partial charge < -0.3 is 25.7 Å². The highest BCUT2D eigenvalue weighted by atomic mass is 127. The first-order valence-electron chi connectivity index (χ1n) is 13.7. The molecule has 2 aromatic carbocycles. The van der Waals surface area contributed by atoms with Gasteiger partial charge in [-0.2, -0.15) is 13.2 Å². The van der Waals surface area contributed by atoms with Crippen molar-refractivity contribution < 1.29 is 46.5 Å². The first kappa shape index (κ1) is 36.3. The molecule has 0 bridgehead atoms. The van der Waals surface area contributed by atoms with Gasteiger partial charge in [0.15, 0.2) is 0 Å². The van der Waals surface area contributed by atoms with Crippen molar-refractivity contribution in [1.82, 2.24) is 15.5 Å². The second-order valence-corrected chi connectivity index (χ2v) is 11.3. The number of carbonyl (C=O) groups is 3. The molecule has 14 heteroatoms. The molecule has 1 heterocycles. The number of amides is 2. The number of nitrogens with zero attached hydrogens (tertiary/aromatic N) is 1. The molecule has 3 rings (SSSR count). The number of hydrogen-bond donors (Lipinski definition) is 4. The summed E-state index contributed by atoms with van der Waals surface area (Å²) >= 11 is 2.23. The lowest BCUT2D eigenvalue weighted by molar-refractivity contribution is -0.192. The Bertz CT molecular complexity index is 1190. The molecular weight excluding hydrogens is 692 g/mol. The van der Waals surface area contributed by atoms with Gasteiger partial charge in [0.1, 0.15) is 11.6 Å². The number of nitrogens with one attached hydrogen (secondary N) is 2. The van der Waals surface area contributed by atoms with Crippen LogP contribution < -0.4 is 10.6 Å². The van der Waals surface area contributed by atoms with Gasteiger partial charge in [0.2, 0.25) is 11.8 Å². The van der Waals surface area contributed by atoms with Crippen LogP contribution in [0.25, 0.3) is 0 Å². The third-order valence-corrected chi connectivity index (χ3v) is 7.18. The molecule has 2 atom stereocenters. The summed E-state index contributed by atoms with van der Waals surface area (Å²) in [5, 5.41) is 24.0. The number of aliphatic hydroxyl groups is 1. The molecule has 0 aliphatic carbocycles. The molecular formula is C29H35F5IN3O5. The fraction of sp³-hybridized carbons (Fsp3) is 0.483. The van der Waals surface area contributed by atoms with E-state index in [1.165, 1.54) is 12.1 Å². The Morgan fingerprint density at radius 1 is 0.953 bits per heavy atom. The highest BCUT2D eigenvalue weighted by Gasteiger charge is 2.38. The molecule has 1 aliphatic heterocycles. The van der Waals surface area contributed by atoms with E-state index in [-0.39, 0.29) is 31.2 Å². The van der Waals surface area contributed by atoms with Gasteiger partial charge in [-0.25, -0.2) is 13.6 Å². The molecule has 2 aromatic rings. The highest BCUT2D eigenvalue weighted by molar-refractivity contribution is 14.1. The topological polar surface area (TPSA) is 119 Å². The van der Waals surface area contributed by atoms with E-state index in [0.29, 0.717) is 24.9 Å². The molecule has 0 saturated carbocycles. The lowest BCUT2D eigenvalue weighted by atomic mass is 10.00. The van der Waals surface area contributed by atoms with Crippen molar-refractivity contribution in [3.8, 4) is 0 Å². The summed E-state index contributed by atoms with van der Waals surface area (Å²) in [5.74, 6) is -4.42. The number of carboxylic acid groups (broad SMARTS) is 1. The van der Waals surface area contributed by atoms with Crippen molar-refractivity contribution in [3.63, 3.8) is 0 Å². The van der Waals surface area contributed by atoms with E-state index in [1.54, 1.807) is 0 Å². The Kier molecular flexibility index (Phi) is 15.3. The van der Waals surface area contributed by atoms with Crippen LogP contribution in [0.3, 0.4) is 0 Å². The first-order valence-corrected chi connectivity index (χ1v) is 14.8. The first-order chi connectivity index (χ1) is 20.2. The van der Waals surface area contributed by atoms with Gasteiger partial charge in [-0.3, -0.25) is 9.59 Å². The summed E-state index contributed by atoms with van der Waals surface area (Å²) < 4.78 is 60.3. The number of rotatable bonds is 12. The normalized spacial score (nSPS) is 14.7. The van der Waals surface area contributed by atoms with Crippen LogP contribution in [0.4, 0.5) is 22.0 Å². The monoisotopic (exact) mass is 727 g/mol. The van der Waals surface area contributed by atoms with E-state index < -0.39 is 35.9 Å². The number of hydrogen-bond acceptors (Lipinski definition) is 5. The Morgan fingerprint density at radius 3 is 2.16 bits per heavy atom. The summed E-state index contributed by atoms with van der Waals surface area (Å²) in [7, 11) is 0. The zero-order valence-corrected chi connectivity index (χ0v) is 25.5. The summed E-state index contributed by atoms with van der Waals surface area (Å²) in [6.45, 7) is 2.26. The SMILES string of the molecule is O=C(CCCC(=O)N1CCCCC1)N[C@@H](Cc1cc(F)cc(F)c1)[C@H](O)CNCc1cccc(I)c1.O=C(O)C(F)(F)F. The molecule has 1 aliphatic rings. The maximum Gasteiger partial charge on any atom is 0.490 e. The summed E-state index contributed by atoms with van der Waals surface area (Å²) in [6.07, 6.45) is -1.98.